The molecule has 0 bridgehead atoms. The Morgan fingerprint density at radius 2 is 1.97 bits per heavy atom. The first-order valence-electron chi connectivity index (χ1n) is 9.92. The minimum Gasteiger partial charge on any atom is -0.495 e. The van der Waals surface area contributed by atoms with Crippen LogP contribution in [-0.4, -0.2) is 36.0 Å². The van der Waals surface area contributed by atoms with E-state index in [1.165, 1.54) is 11.1 Å². The molecule has 1 heterocycles. The van der Waals surface area contributed by atoms with Crippen LogP contribution in [0.3, 0.4) is 0 Å². The third-order valence-corrected chi connectivity index (χ3v) is 5.70. The quantitative estimate of drug-likeness (QED) is 0.507. The van der Waals surface area contributed by atoms with Crippen LogP contribution in [0.15, 0.2) is 47.8 Å². The van der Waals surface area contributed by atoms with E-state index in [2.05, 4.69) is 52.6 Å². The van der Waals surface area contributed by atoms with E-state index in [-0.39, 0.29) is 12.5 Å². The van der Waals surface area contributed by atoms with Gasteiger partial charge in [-0.1, -0.05) is 25.1 Å². The van der Waals surface area contributed by atoms with Gasteiger partial charge in [0.15, 0.2) is 5.13 Å². The van der Waals surface area contributed by atoms with Gasteiger partial charge in [0.25, 0.3) is 0 Å². The molecule has 0 aliphatic heterocycles. The number of methoxy groups -OCH3 is 1. The number of hydrogen-bond acceptors (Lipinski definition) is 6. The van der Waals surface area contributed by atoms with Gasteiger partial charge in [-0.15, -0.1) is 11.3 Å². The molecule has 6 nitrogen and oxygen atoms in total. The number of para-hydroxylation sites is 2. The number of rotatable bonds is 9. The first-order valence-corrected chi connectivity index (χ1v) is 10.8. The zero-order chi connectivity index (χ0) is 21.5. The Morgan fingerprint density at radius 3 is 2.70 bits per heavy atom. The van der Waals surface area contributed by atoms with Gasteiger partial charge in [0, 0.05) is 17.6 Å². The number of aromatic nitrogens is 1. The second-order valence-corrected chi connectivity index (χ2v) is 7.98. The molecule has 1 amide bonds. The summed E-state index contributed by atoms with van der Waals surface area (Å²) >= 11 is 1.57. The summed E-state index contributed by atoms with van der Waals surface area (Å²) < 4.78 is 5.29. The number of likely N-dealkylation sites (N-methyl/N-ethyl adjacent to an activating group) is 1. The van der Waals surface area contributed by atoms with Gasteiger partial charge in [0.05, 0.1) is 25.0 Å². The predicted molar refractivity (Wildman–Crippen MR) is 124 cm³/mol. The van der Waals surface area contributed by atoms with Crippen molar-refractivity contribution in [2.24, 2.45) is 0 Å². The van der Waals surface area contributed by atoms with E-state index >= 15 is 0 Å². The van der Waals surface area contributed by atoms with Crippen molar-refractivity contribution in [3.63, 3.8) is 0 Å². The van der Waals surface area contributed by atoms with Crippen LogP contribution in [0.2, 0.25) is 0 Å². The standard InChI is InChI=1S/C23H28N4O2S/c1-5-27(14-22(28)26-20-8-6-7-9-21(20)29-4)13-19-15-30-23(25-19)24-18-11-10-16(2)17(3)12-18/h6-12,15H,5,13-14H2,1-4H3,(H,24,25)(H,26,28). The van der Waals surface area contributed by atoms with Crippen LogP contribution in [0.25, 0.3) is 0 Å². The average molecular weight is 425 g/mol. The van der Waals surface area contributed by atoms with Gasteiger partial charge in [0.2, 0.25) is 5.91 Å². The number of thiazole rings is 1. The summed E-state index contributed by atoms with van der Waals surface area (Å²) in [6, 6.07) is 13.7. The maximum Gasteiger partial charge on any atom is 0.238 e. The van der Waals surface area contributed by atoms with Crippen molar-refractivity contribution < 1.29 is 9.53 Å². The van der Waals surface area contributed by atoms with Crippen LogP contribution < -0.4 is 15.4 Å². The van der Waals surface area contributed by atoms with Gasteiger partial charge in [-0.2, -0.15) is 0 Å². The maximum absolute atomic E-state index is 12.5. The molecule has 0 saturated carbocycles. The number of amides is 1. The van der Waals surface area contributed by atoms with Gasteiger partial charge in [-0.05, 0) is 55.8 Å². The molecule has 0 aliphatic carbocycles. The summed E-state index contributed by atoms with van der Waals surface area (Å²) in [5.41, 5.74) is 5.16. The van der Waals surface area contributed by atoms with Crippen molar-refractivity contribution in [2.75, 3.05) is 30.8 Å². The van der Waals surface area contributed by atoms with Crippen molar-refractivity contribution in [1.82, 2.24) is 9.88 Å². The summed E-state index contributed by atoms with van der Waals surface area (Å²) in [6.45, 7) is 7.88. The molecular formula is C23H28N4O2S. The molecule has 2 N–H and O–H groups in total. The fourth-order valence-electron chi connectivity index (χ4n) is 3.03. The molecule has 0 atom stereocenters. The topological polar surface area (TPSA) is 66.5 Å². The van der Waals surface area contributed by atoms with Gasteiger partial charge in [-0.25, -0.2) is 4.98 Å². The second kappa shape index (κ2) is 10.2. The molecule has 30 heavy (non-hydrogen) atoms. The highest BCUT2D eigenvalue weighted by Gasteiger charge is 2.13. The third-order valence-electron chi connectivity index (χ3n) is 4.89. The largest absolute Gasteiger partial charge is 0.495 e. The summed E-state index contributed by atoms with van der Waals surface area (Å²) in [7, 11) is 1.59. The molecule has 0 aliphatic rings. The molecule has 3 rings (SSSR count). The number of hydrogen-bond donors (Lipinski definition) is 2. The number of nitrogens with zero attached hydrogens (tertiary/aromatic N) is 2. The van der Waals surface area contributed by atoms with E-state index in [1.807, 2.05) is 36.6 Å². The van der Waals surface area contributed by atoms with Crippen molar-refractivity contribution in [1.29, 1.82) is 0 Å². The molecule has 1 aromatic heterocycles. The van der Waals surface area contributed by atoms with Crippen molar-refractivity contribution in [3.05, 3.63) is 64.7 Å². The van der Waals surface area contributed by atoms with Crippen molar-refractivity contribution in [3.8, 4) is 5.75 Å². The third kappa shape index (κ3) is 5.81. The number of anilines is 3. The number of carbonyl (C=O) groups excluding carboxylic acids is 1. The monoisotopic (exact) mass is 424 g/mol. The number of ether oxygens (including phenoxy) is 1. The van der Waals surface area contributed by atoms with Crippen LogP contribution in [0.4, 0.5) is 16.5 Å². The van der Waals surface area contributed by atoms with Crippen LogP contribution in [-0.2, 0) is 11.3 Å². The van der Waals surface area contributed by atoms with Gasteiger partial charge < -0.3 is 15.4 Å². The highest BCUT2D eigenvalue weighted by molar-refractivity contribution is 7.13. The molecule has 0 saturated heterocycles. The van der Waals surface area contributed by atoms with Gasteiger partial charge in [-0.3, -0.25) is 9.69 Å². The van der Waals surface area contributed by atoms with Crippen molar-refractivity contribution >= 4 is 33.8 Å². The molecule has 0 spiro atoms. The zero-order valence-electron chi connectivity index (χ0n) is 17.9. The molecule has 0 unspecified atom stereocenters. The first-order chi connectivity index (χ1) is 14.5. The van der Waals surface area contributed by atoms with Gasteiger partial charge in [0.1, 0.15) is 5.75 Å². The fourth-order valence-corrected chi connectivity index (χ4v) is 3.75. The lowest BCUT2D eigenvalue weighted by atomic mass is 10.1. The predicted octanol–water partition coefficient (Wildman–Crippen LogP) is 4.97. The zero-order valence-corrected chi connectivity index (χ0v) is 18.7. The first kappa shape index (κ1) is 21.8. The molecule has 7 heteroatoms. The Balaban J connectivity index is 1.58. The minimum atomic E-state index is -0.0786. The molecular weight excluding hydrogens is 396 g/mol. The number of carbonyl (C=O) groups is 1. The molecule has 0 fully saturated rings. The fraction of sp³-hybridized carbons (Fsp3) is 0.304. The Morgan fingerprint density at radius 1 is 1.17 bits per heavy atom. The summed E-state index contributed by atoms with van der Waals surface area (Å²) in [4.78, 5) is 19.2. The number of nitrogens with one attached hydrogen (secondary N) is 2. The SMILES string of the molecule is CCN(CC(=O)Nc1ccccc1OC)Cc1csc(Nc2ccc(C)c(C)c2)n1. The number of benzene rings is 2. The van der Waals surface area contributed by atoms with E-state index < -0.39 is 0 Å². The highest BCUT2D eigenvalue weighted by Crippen LogP contribution is 2.24. The summed E-state index contributed by atoms with van der Waals surface area (Å²) in [6.07, 6.45) is 0. The Bertz CT molecular complexity index is 1000. The van der Waals surface area contributed by atoms with Crippen molar-refractivity contribution in [2.45, 2.75) is 27.3 Å². The van der Waals surface area contributed by atoms with E-state index in [1.54, 1.807) is 18.4 Å². The van der Waals surface area contributed by atoms with Crippen LogP contribution in [0, 0.1) is 13.8 Å². The summed E-state index contributed by atoms with van der Waals surface area (Å²) in [5, 5.41) is 9.17. The average Bonchev–Trinajstić information content (AvgIpc) is 3.17. The Hall–Kier alpha value is -2.90. The minimum absolute atomic E-state index is 0.0786. The summed E-state index contributed by atoms with van der Waals surface area (Å²) in [5.74, 6) is 0.570. The van der Waals surface area contributed by atoms with Gasteiger partial charge >= 0.3 is 0 Å². The van der Waals surface area contributed by atoms with Crippen LogP contribution in [0.5, 0.6) is 5.75 Å². The molecule has 158 valence electrons. The maximum atomic E-state index is 12.5. The van der Waals surface area contributed by atoms with E-state index in [4.69, 9.17) is 4.74 Å². The molecule has 2 aromatic carbocycles. The van der Waals surface area contributed by atoms with E-state index in [9.17, 15) is 4.79 Å². The van der Waals surface area contributed by atoms with E-state index in [0.717, 1.165) is 23.1 Å². The lowest BCUT2D eigenvalue weighted by Gasteiger charge is -2.19. The van der Waals surface area contributed by atoms with Crippen LogP contribution >= 0.6 is 11.3 Å². The lowest BCUT2D eigenvalue weighted by molar-refractivity contribution is -0.117. The molecule has 0 radical (unpaired) electrons. The Labute approximate surface area is 181 Å². The molecule has 3 aromatic rings. The highest BCUT2D eigenvalue weighted by atomic mass is 32.1. The smallest absolute Gasteiger partial charge is 0.238 e. The Kier molecular flexibility index (Phi) is 7.43. The normalized spacial score (nSPS) is 10.8. The number of aryl methyl sites for hydroxylation is 2. The lowest BCUT2D eigenvalue weighted by Crippen LogP contribution is -2.32. The van der Waals surface area contributed by atoms with Crippen LogP contribution in [0.1, 0.15) is 23.7 Å². The second-order valence-electron chi connectivity index (χ2n) is 7.12. The van der Waals surface area contributed by atoms with E-state index in [0.29, 0.717) is 18.0 Å².